The Balaban J connectivity index is 1.46. The lowest BCUT2D eigenvalue weighted by Crippen LogP contribution is -2.56. The first-order chi connectivity index (χ1) is 19.8. The van der Waals surface area contributed by atoms with Crippen LogP contribution in [0.3, 0.4) is 0 Å². The van der Waals surface area contributed by atoms with Crippen LogP contribution in [0.25, 0.3) is 10.9 Å². The third-order valence-electron chi connectivity index (χ3n) is 6.44. The number of amides is 2. The summed E-state index contributed by atoms with van der Waals surface area (Å²) in [7, 11) is 0. The number of esters is 1. The van der Waals surface area contributed by atoms with Crippen molar-refractivity contribution < 1.29 is 37.8 Å². The van der Waals surface area contributed by atoms with E-state index in [1.54, 1.807) is 42.2 Å². The van der Waals surface area contributed by atoms with Crippen molar-refractivity contribution in [1.82, 2.24) is 20.1 Å². The molecule has 2 aromatic carbocycles. The van der Waals surface area contributed by atoms with E-state index in [4.69, 9.17) is 14.2 Å². The van der Waals surface area contributed by atoms with Crippen molar-refractivity contribution in [1.29, 1.82) is 0 Å². The van der Waals surface area contributed by atoms with Crippen LogP contribution in [-0.2, 0) is 14.3 Å². The van der Waals surface area contributed by atoms with Gasteiger partial charge in [0.05, 0.1) is 12.1 Å². The van der Waals surface area contributed by atoms with Crippen LogP contribution in [0.4, 0.5) is 9.18 Å². The Morgan fingerprint density at radius 3 is 2.59 bits per heavy atom. The van der Waals surface area contributed by atoms with Gasteiger partial charge in [0.25, 0.3) is 5.91 Å². The maximum Gasteiger partial charge on any atom is 0.409 e. The zero-order chi connectivity index (χ0) is 29.4. The van der Waals surface area contributed by atoms with Crippen molar-refractivity contribution in [3.63, 3.8) is 0 Å². The van der Waals surface area contributed by atoms with E-state index < -0.39 is 42.1 Å². The van der Waals surface area contributed by atoms with Crippen LogP contribution in [0, 0.1) is 12.7 Å². The molecule has 1 aliphatic heterocycles. The molecule has 41 heavy (non-hydrogen) atoms. The second-order valence-corrected chi connectivity index (χ2v) is 9.08. The largest absolute Gasteiger partial charge is 0.481 e. The number of hydrogen-bond donors (Lipinski definition) is 1. The zero-order valence-electron chi connectivity index (χ0n) is 22.6. The van der Waals surface area contributed by atoms with Gasteiger partial charge in [0.1, 0.15) is 35.0 Å². The molecule has 0 aliphatic carbocycles. The third kappa shape index (κ3) is 7.05. The van der Waals surface area contributed by atoms with Crippen LogP contribution in [0.15, 0.2) is 54.7 Å². The first-order valence-electron chi connectivity index (χ1n) is 13.0. The summed E-state index contributed by atoms with van der Waals surface area (Å²) in [6, 6.07) is 11.5. The molecule has 0 saturated carbocycles. The molecule has 1 unspecified atom stereocenters. The number of benzene rings is 2. The van der Waals surface area contributed by atoms with Crippen LogP contribution in [0.2, 0.25) is 0 Å². The summed E-state index contributed by atoms with van der Waals surface area (Å²) < 4.78 is 31.2. The van der Waals surface area contributed by atoms with Crippen molar-refractivity contribution >= 4 is 34.8 Å². The van der Waals surface area contributed by atoms with E-state index in [0.717, 1.165) is 6.08 Å². The Hall–Kier alpha value is -4.80. The van der Waals surface area contributed by atoms with Gasteiger partial charge in [-0.3, -0.25) is 14.7 Å². The lowest BCUT2D eigenvalue weighted by molar-refractivity contribution is -0.136. The number of aryl methyl sites for hydroxylation is 1. The molecule has 1 fully saturated rings. The third-order valence-corrected chi connectivity index (χ3v) is 6.44. The number of rotatable bonds is 9. The number of halogens is 1. The van der Waals surface area contributed by atoms with Gasteiger partial charge < -0.3 is 24.4 Å². The number of para-hydroxylation sites is 1. The molecule has 1 saturated heterocycles. The smallest absolute Gasteiger partial charge is 0.409 e. The summed E-state index contributed by atoms with van der Waals surface area (Å²) in [5.74, 6) is -0.881. The lowest BCUT2D eigenvalue weighted by atomic mass is 10.1. The Kier molecular flexibility index (Phi) is 9.62. The summed E-state index contributed by atoms with van der Waals surface area (Å²) in [6.45, 7) is 4.12. The summed E-state index contributed by atoms with van der Waals surface area (Å²) in [4.78, 5) is 56.7. The number of carbonyl (C=O) groups excluding carboxylic acids is 4. The molecule has 214 valence electrons. The summed E-state index contributed by atoms with van der Waals surface area (Å²) >= 11 is 0. The lowest BCUT2D eigenvalue weighted by Gasteiger charge is -2.37. The standard InChI is InChI=1S/C29H29FN4O7/c1-3-39-29(38)34-15-13-33(14-16-34)24(11-17-35)32-28(37)26-23(9-8-19(2)27(26)30)41-25(36)18-40-22-10-12-31-21-7-5-4-6-20(21)22/h4-12,24H,3,13-16,18H2,1-2H3,(H,32,37). The predicted molar refractivity (Wildman–Crippen MR) is 146 cm³/mol. The SMILES string of the molecule is CCOC(=O)N1CCN(C(C=C=O)NC(=O)c2c(OC(=O)COc3ccnc4ccccc34)ccc(C)c2F)CC1. The number of carbonyl (C=O) groups is 3. The van der Waals surface area contributed by atoms with Crippen molar-refractivity contribution in [2.45, 2.75) is 20.0 Å². The molecule has 12 heteroatoms. The van der Waals surface area contributed by atoms with Gasteiger partial charge in [0, 0.05) is 43.8 Å². The molecule has 1 N–H and O–H groups in total. The molecule has 2 amide bonds. The van der Waals surface area contributed by atoms with Crippen LogP contribution < -0.4 is 14.8 Å². The minimum atomic E-state index is -0.948. The first-order valence-corrected chi connectivity index (χ1v) is 13.0. The fourth-order valence-corrected chi connectivity index (χ4v) is 4.35. The average molecular weight is 565 g/mol. The van der Waals surface area contributed by atoms with Gasteiger partial charge in [-0.1, -0.05) is 18.2 Å². The number of pyridine rings is 1. The molecule has 11 nitrogen and oxygen atoms in total. The van der Waals surface area contributed by atoms with Gasteiger partial charge in [-0.2, -0.15) is 0 Å². The molecular weight excluding hydrogens is 535 g/mol. The van der Waals surface area contributed by atoms with E-state index in [1.165, 1.54) is 24.0 Å². The van der Waals surface area contributed by atoms with Gasteiger partial charge in [-0.05, 0) is 43.7 Å². The van der Waals surface area contributed by atoms with Crippen molar-refractivity contribution in [3.8, 4) is 11.5 Å². The highest BCUT2D eigenvalue weighted by atomic mass is 19.1. The Labute approximate surface area is 235 Å². The van der Waals surface area contributed by atoms with Crippen LogP contribution in [0.1, 0.15) is 22.8 Å². The maximum atomic E-state index is 15.2. The highest BCUT2D eigenvalue weighted by Crippen LogP contribution is 2.26. The highest BCUT2D eigenvalue weighted by Gasteiger charge is 2.29. The van der Waals surface area contributed by atoms with E-state index in [1.807, 2.05) is 12.1 Å². The first kappa shape index (κ1) is 29.2. The second kappa shape index (κ2) is 13.5. The molecule has 1 aliphatic rings. The zero-order valence-corrected chi connectivity index (χ0v) is 22.6. The van der Waals surface area contributed by atoms with E-state index in [2.05, 4.69) is 10.3 Å². The normalized spacial score (nSPS) is 14.1. The molecular formula is C29H29FN4O7. The van der Waals surface area contributed by atoms with Gasteiger partial charge in [-0.25, -0.2) is 18.8 Å². The molecule has 1 atom stereocenters. The number of aromatic nitrogens is 1. The Bertz CT molecular complexity index is 1480. The predicted octanol–water partition coefficient (Wildman–Crippen LogP) is 2.88. The Morgan fingerprint density at radius 2 is 1.85 bits per heavy atom. The summed E-state index contributed by atoms with van der Waals surface area (Å²) in [6.07, 6.45) is 1.23. The quantitative estimate of drug-likeness (QED) is 0.237. The van der Waals surface area contributed by atoms with Gasteiger partial charge in [0.2, 0.25) is 0 Å². The van der Waals surface area contributed by atoms with E-state index in [-0.39, 0.29) is 17.9 Å². The molecule has 0 bridgehead atoms. The number of piperazine rings is 1. The van der Waals surface area contributed by atoms with Gasteiger partial charge >= 0.3 is 12.1 Å². The summed E-state index contributed by atoms with van der Waals surface area (Å²) in [5.41, 5.74) is 0.335. The number of fused-ring (bicyclic) bond motifs is 1. The maximum absolute atomic E-state index is 15.2. The molecule has 1 aromatic heterocycles. The molecule has 2 heterocycles. The minimum Gasteiger partial charge on any atom is -0.481 e. The molecule has 4 rings (SSSR count). The number of nitrogens with one attached hydrogen (secondary N) is 1. The molecule has 0 radical (unpaired) electrons. The van der Waals surface area contributed by atoms with Crippen molar-refractivity contribution in [2.75, 3.05) is 39.4 Å². The van der Waals surface area contributed by atoms with E-state index in [9.17, 15) is 19.2 Å². The Morgan fingerprint density at radius 1 is 1.10 bits per heavy atom. The fourth-order valence-electron chi connectivity index (χ4n) is 4.35. The van der Waals surface area contributed by atoms with E-state index in [0.29, 0.717) is 42.8 Å². The highest BCUT2D eigenvalue weighted by molar-refractivity contribution is 5.98. The summed E-state index contributed by atoms with van der Waals surface area (Å²) in [5, 5.41) is 3.29. The number of nitrogens with zero attached hydrogens (tertiary/aromatic N) is 3. The minimum absolute atomic E-state index is 0.153. The van der Waals surface area contributed by atoms with Crippen LogP contribution in [0.5, 0.6) is 11.5 Å². The molecule has 0 spiro atoms. The van der Waals surface area contributed by atoms with Gasteiger partial charge in [0.15, 0.2) is 6.61 Å². The second-order valence-electron chi connectivity index (χ2n) is 9.08. The average Bonchev–Trinajstić information content (AvgIpc) is 2.98. The van der Waals surface area contributed by atoms with Crippen LogP contribution >= 0.6 is 0 Å². The fraction of sp³-hybridized carbons (Fsp3) is 0.310. The van der Waals surface area contributed by atoms with E-state index >= 15 is 4.39 Å². The monoisotopic (exact) mass is 564 g/mol. The molecule has 3 aromatic rings. The van der Waals surface area contributed by atoms with Crippen molar-refractivity contribution in [2.24, 2.45) is 0 Å². The topological polar surface area (TPSA) is 127 Å². The number of hydrogen-bond acceptors (Lipinski definition) is 9. The van der Waals surface area contributed by atoms with Gasteiger partial charge in [-0.15, -0.1) is 0 Å². The number of ether oxygens (including phenoxy) is 3. The van der Waals surface area contributed by atoms with Crippen molar-refractivity contribution in [3.05, 3.63) is 71.7 Å². The van der Waals surface area contributed by atoms with Crippen LogP contribution in [-0.4, -0.2) is 84.3 Å².